The van der Waals surface area contributed by atoms with Crippen molar-refractivity contribution in [1.82, 2.24) is 20.1 Å². The molecule has 2 amide bonds. The number of aryl methyl sites for hydroxylation is 1. The second-order valence-corrected chi connectivity index (χ2v) is 8.49. The van der Waals surface area contributed by atoms with Crippen LogP contribution in [0.1, 0.15) is 21.8 Å². The van der Waals surface area contributed by atoms with Crippen LogP contribution < -0.4 is 5.32 Å². The second kappa shape index (κ2) is 10.1. The van der Waals surface area contributed by atoms with Crippen LogP contribution in [0.25, 0.3) is 10.6 Å². The average Bonchev–Trinajstić information content (AvgIpc) is 3.35. The van der Waals surface area contributed by atoms with Crippen molar-refractivity contribution in [1.29, 1.82) is 0 Å². The maximum Gasteiger partial charge on any atom is 0.265 e. The molecule has 1 N–H and O–H groups in total. The average molecular weight is 423 g/mol. The molecule has 1 fully saturated rings. The third-order valence-corrected chi connectivity index (χ3v) is 6.51. The normalized spacial score (nSPS) is 15.0. The Balaban J connectivity index is 1.48. The molecule has 0 bridgehead atoms. The van der Waals surface area contributed by atoms with Gasteiger partial charge in [0.15, 0.2) is 0 Å². The number of hydrogen-bond acceptors (Lipinski definition) is 7. The Hall–Kier alpha value is -1.81. The van der Waals surface area contributed by atoms with Crippen molar-refractivity contribution in [2.45, 2.75) is 13.3 Å². The number of carbonyl (C=O) groups excluding carboxylic acids is 2. The minimum Gasteiger partial charge on any atom is -0.385 e. The largest absolute Gasteiger partial charge is 0.385 e. The van der Waals surface area contributed by atoms with Crippen molar-refractivity contribution >= 4 is 34.5 Å². The molecule has 1 aliphatic heterocycles. The van der Waals surface area contributed by atoms with E-state index in [0.717, 1.165) is 22.7 Å². The van der Waals surface area contributed by atoms with Crippen molar-refractivity contribution in [3.8, 4) is 10.6 Å². The summed E-state index contributed by atoms with van der Waals surface area (Å²) in [6, 6.07) is 2.02. The van der Waals surface area contributed by atoms with E-state index in [9.17, 15) is 9.59 Å². The van der Waals surface area contributed by atoms with Crippen molar-refractivity contribution in [3.63, 3.8) is 0 Å². The Bertz CT molecular complexity index is 783. The molecule has 0 aromatic carbocycles. The minimum absolute atomic E-state index is 0.0228. The summed E-state index contributed by atoms with van der Waals surface area (Å²) >= 11 is 3.08. The first-order valence-electron chi connectivity index (χ1n) is 9.35. The van der Waals surface area contributed by atoms with E-state index in [1.54, 1.807) is 18.4 Å². The van der Waals surface area contributed by atoms with Crippen molar-refractivity contribution in [2.75, 3.05) is 53.0 Å². The van der Waals surface area contributed by atoms with Gasteiger partial charge in [0.25, 0.3) is 5.91 Å². The number of aromatic nitrogens is 1. The molecule has 2 aromatic heterocycles. The summed E-state index contributed by atoms with van der Waals surface area (Å²) in [5, 5.41) is 7.86. The van der Waals surface area contributed by atoms with Gasteiger partial charge in [-0.3, -0.25) is 14.5 Å². The van der Waals surface area contributed by atoms with Crippen LogP contribution in [0.15, 0.2) is 16.8 Å². The minimum atomic E-state index is 0.0228. The molecule has 3 rings (SSSR count). The van der Waals surface area contributed by atoms with E-state index in [-0.39, 0.29) is 11.8 Å². The number of nitrogens with one attached hydrogen (secondary N) is 1. The Morgan fingerprint density at radius 1 is 1.29 bits per heavy atom. The van der Waals surface area contributed by atoms with Crippen LogP contribution in [0, 0.1) is 6.92 Å². The fraction of sp³-hybridized carbons (Fsp3) is 0.526. The van der Waals surface area contributed by atoms with Gasteiger partial charge in [-0.2, -0.15) is 11.3 Å². The third kappa shape index (κ3) is 5.38. The predicted octanol–water partition coefficient (Wildman–Crippen LogP) is 2.09. The molecule has 1 saturated heterocycles. The second-order valence-electron chi connectivity index (χ2n) is 6.71. The lowest BCUT2D eigenvalue weighted by molar-refractivity contribution is -0.122. The predicted molar refractivity (Wildman–Crippen MR) is 112 cm³/mol. The summed E-state index contributed by atoms with van der Waals surface area (Å²) in [5.41, 5.74) is 1.85. The van der Waals surface area contributed by atoms with E-state index in [2.05, 4.69) is 15.2 Å². The number of methoxy groups -OCH3 is 1. The number of hydrogen-bond donors (Lipinski definition) is 1. The highest BCUT2D eigenvalue weighted by Crippen LogP contribution is 2.30. The lowest BCUT2D eigenvalue weighted by Gasteiger charge is -2.34. The van der Waals surface area contributed by atoms with Crippen LogP contribution in [0.3, 0.4) is 0 Å². The monoisotopic (exact) mass is 422 g/mol. The summed E-state index contributed by atoms with van der Waals surface area (Å²) in [6.45, 7) is 6.19. The lowest BCUT2D eigenvalue weighted by Crippen LogP contribution is -2.51. The highest BCUT2D eigenvalue weighted by molar-refractivity contribution is 7.17. The standard InChI is InChI=1S/C19H26N4O3S2/c1-14-17(28-18(21-14)15-4-11-27-13-15)19(25)23-8-6-22(7-9-23)12-16(24)20-5-3-10-26-2/h4,11,13H,3,5-10,12H2,1-2H3,(H,20,24). The Morgan fingerprint density at radius 2 is 2.07 bits per heavy atom. The number of amides is 2. The Morgan fingerprint density at radius 3 is 2.75 bits per heavy atom. The number of piperazine rings is 1. The summed E-state index contributed by atoms with van der Waals surface area (Å²) < 4.78 is 4.97. The van der Waals surface area contributed by atoms with E-state index in [0.29, 0.717) is 50.8 Å². The molecule has 0 atom stereocenters. The Labute approximate surface area is 173 Å². The first kappa shape index (κ1) is 20.9. The molecule has 28 heavy (non-hydrogen) atoms. The molecule has 7 nitrogen and oxygen atoms in total. The maximum atomic E-state index is 12.9. The highest BCUT2D eigenvalue weighted by Gasteiger charge is 2.26. The van der Waals surface area contributed by atoms with Gasteiger partial charge in [-0.05, 0) is 24.8 Å². The zero-order chi connectivity index (χ0) is 19.9. The van der Waals surface area contributed by atoms with Gasteiger partial charge in [0.1, 0.15) is 9.88 Å². The van der Waals surface area contributed by atoms with Gasteiger partial charge in [0, 0.05) is 57.4 Å². The molecule has 0 aliphatic carbocycles. The van der Waals surface area contributed by atoms with Crippen LogP contribution in [-0.4, -0.2) is 79.6 Å². The Kier molecular flexibility index (Phi) is 7.55. The van der Waals surface area contributed by atoms with Crippen molar-refractivity contribution < 1.29 is 14.3 Å². The number of rotatable bonds is 8. The summed E-state index contributed by atoms with van der Waals surface area (Å²) in [5.74, 6) is 0.0646. The van der Waals surface area contributed by atoms with Crippen LogP contribution in [0.4, 0.5) is 0 Å². The first-order valence-corrected chi connectivity index (χ1v) is 11.1. The number of nitrogens with zero attached hydrogens (tertiary/aromatic N) is 3. The van der Waals surface area contributed by atoms with Crippen LogP contribution in [0.5, 0.6) is 0 Å². The highest BCUT2D eigenvalue weighted by atomic mass is 32.1. The quantitative estimate of drug-likeness (QED) is 0.660. The van der Waals surface area contributed by atoms with E-state index in [4.69, 9.17) is 4.74 Å². The molecule has 0 saturated carbocycles. The fourth-order valence-corrected chi connectivity index (χ4v) is 4.81. The van der Waals surface area contributed by atoms with Gasteiger partial charge in [0.2, 0.25) is 5.91 Å². The first-order chi connectivity index (χ1) is 13.6. The lowest BCUT2D eigenvalue weighted by atomic mass is 10.2. The molecule has 9 heteroatoms. The maximum absolute atomic E-state index is 12.9. The van der Waals surface area contributed by atoms with E-state index in [1.165, 1.54) is 11.3 Å². The van der Waals surface area contributed by atoms with Gasteiger partial charge in [-0.1, -0.05) is 0 Å². The van der Waals surface area contributed by atoms with Gasteiger partial charge in [-0.15, -0.1) is 11.3 Å². The molecule has 0 unspecified atom stereocenters. The number of carbonyl (C=O) groups is 2. The molecule has 1 aliphatic rings. The number of thiazole rings is 1. The molecule has 0 spiro atoms. The third-order valence-electron chi connectivity index (χ3n) is 4.63. The van der Waals surface area contributed by atoms with Gasteiger partial charge < -0.3 is 15.0 Å². The van der Waals surface area contributed by atoms with Crippen LogP contribution in [-0.2, 0) is 9.53 Å². The van der Waals surface area contributed by atoms with Gasteiger partial charge >= 0.3 is 0 Å². The number of thiophene rings is 1. The molecule has 2 aromatic rings. The summed E-state index contributed by atoms with van der Waals surface area (Å²) in [7, 11) is 1.65. The van der Waals surface area contributed by atoms with Gasteiger partial charge in [-0.25, -0.2) is 4.98 Å². The summed E-state index contributed by atoms with van der Waals surface area (Å²) in [4.78, 5) is 34.2. The van der Waals surface area contributed by atoms with Crippen LogP contribution >= 0.6 is 22.7 Å². The SMILES string of the molecule is COCCCNC(=O)CN1CCN(C(=O)c2sc(-c3ccsc3)nc2C)CC1. The zero-order valence-corrected chi connectivity index (χ0v) is 17.9. The summed E-state index contributed by atoms with van der Waals surface area (Å²) in [6.07, 6.45) is 0.812. The molecular formula is C19H26N4O3S2. The van der Waals surface area contributed by atoms with Crippen molar-refractivity contribution in [3.05, 3.63) is 27.4 Å². The topological polar surface area (TPSA) is 74.8 Å². The van der Waals surface area contributed by atoms with E-state index >= 15 is 0 Å². The smallest absolute Gasteiger partial charge is 0.265 e. The van der Waals surface area contributed by atoms with Crippen LogP contribution in [0.2, 0.25) is 0 Å². The van der Waals surface area contributed by atoms with Crippen molar-refractivity contribution in [2.24, 2.45) is 0 Å². The molecule has 152 valence electrons. The zero-order valence-electron chi connectivity index (χ0n) is 16.3. The van der Waals surface area contributed by atoms with E-state index in [1.807, 2.05) is 28.7 Å². The van der Waals surface area contributed by atoms with E-state index < -0.39 is 0 Å². The van der Waals surface area contributed by atoms with Gasteiger partial charge in [0.05, 0.1) is 12.2 Å². The number of ether oxygens (including phenoxy) is 1. The molecule has 0 radical (unpaired) electrons. The fourth-order valence-electron chi connectivity index (χ4n) is 3.06. The molecule has 3 heterocycles. The molecular weight excluding hydrogens is 396 g/mol.